The van der Waals surface area contributed by atoms with Crippen molar-refractivity contribution in [1.29, 1.82) is 0 Å². The highest BCUT2D eigenvalue weighted by atomic mass is 32.2. The van der Waals surface area contributed by atoms with Gasteiger partial charge in [0, 0.05) is 32.5 Å². The summed E-state index contributed by atoms with van der Waals surface area (Å²) in [5.41, 5.74) is 1.62. The van der Waals surface area contributed by atoms with Gasteiger partial charge in [-0.15, -0.1) is 0 Å². The number of thiocarbonyl (C=S) groups is 1. The second kappa shape index (κ2) is 9.51. The van der Waals surface area contributed by atoms with Crippen LogP contribution in [-0.2, 0) is 9.53 Å². The van der Waals surface area contributed by atoms with Crippen LogP contribution >= 0.6 is 24.0 Å². The van der Waals surface area contributed by atoms with Gasteiger partial charge in [0.25, 0.3) is 11.5 Å². The number of ether oxygens (including phenoxy) is 1. The van der Waals surface area contributed by atoms with Crippen LogP contribution in [0.25, 0.3) is 11.7 Å². The molecule has 0 bridgehead atoms. The second-order valence-electron chi connectivity index (χ2n) is 6.48. The van der Waals surface area contributed by atoms with Crippen LogP contribution in [0.15, 0.2) is 28.0 Å². The maximum absolute atomic E-state index is 13.1. The first-order valence-corrected chi connectivity index (χ1v) is 10.8. The fourth-order valence-electron chi connectivity index (χ4n) is 3.04. The van der Waals surface area contributed by atoms with Gasteiger partial charge in [-0.2, -0.15) is 0 Å². The maximum atomic E-state index is 13.1. The van der Waals surface area contributed by atoms with E-state index in [0.717, 1.165) is 5.56 Å². The number of aromatic nitrogens is 2. The molecular formula is C20H24N4O3S2. The summed E-state index contributed by atoms with van der Waals surface area (Å²) in [5.74, 6) is 0.279. The van der Waals surface area contributed by atoms with E-state index in [2.05, 4.69) is 10.3 Å². The number of hydrogen-bond donors (Lipinski definition) is 1. The van der Waals surface area contributed by atoms with E-state index >= 15 is 0 Å². The number of thioether (sulfide) groups is 1. The summed E-state index contributed by atoms with van der Waals surface area (Å²) >= 11 is 6.58. The van der Waals surface area contributed by atoms with E-state index in [1.54, 1.807) is 23.2 Å². The number of pyridine rings is 1. The summed E-state index contributed by atoms with van der Waals surface area (Å²) in [6, 6.07) is 3.71. The van der Waals surface area contributed by atoms with E-state index in [0.29, 0.717) is 59.0 Å². The lowest BCUT2D eigenvalue weighted by atomic mass is 10.2. The molecule has 1 amide bonds. The summed E-state index contributed by atoms with van der Waals surface area (Å²) < 4.78 is 7.33. The van der Waals surface area contributed by atoms with Crippen LogP contribution < -0.4 is 10.9 Å². The summed E-state index contributed by atoms with van der Waals surface area (Å²) in [6.07, 6.45) is 3.99. The Bertz CT molecular complexity index is 1030. The van der Waals surface area contributed by atoms with Crippen molar-refractivity contribution < 1.29 is 9.53 Å². The average Bonchev–Trinajstić information content (AvgIpc) is 2.96. The van der Waals surface area contributed by atoms with Gasteiger partial charge in [-0.05, 0) is 44.9 Å². The Morgan fingerprint density at radius 1 is 1.34 bits per heavy atom. The van der Waals surface area contributed by atoms with Gasteiger partial charge in [0.2, 0.25) is 0 Å². The molecule has 29 heavy (non-hydrogen) atoms. The molecule has 2 aromatic rings. The van der Waals surface area contributed by atoms with Gasteiger partial charge in [-0.25, -0.2) is 4.98 Å². The highest BCUT2D eigenvalue weighted by Crippen LogP contribution is 2.33. The van der Waals surface area contributed by atoms with Crippen molar-refractivity contribution in [2.24, 2.45) is 0 Å². The molecule has 3 heterocycles. The van der Waals surface area contributed by atoms with Crippen molar-refractivity contribution in [3.8, 4) is 0 Å². The summed E-state index contributed by atoms with van der Waals surface area (Å²) in [4.78, 5) is 32.6. The van der Waals surface area contributed by atoms with E-state index in [9.17, 15) is 9.59 Å². The molecule has 0 aliphatic carbocycles. The lowest BCUT2D eigenvalue weighted by Gasteiger charge is -2.14. The molecule has 1 fully saturated rings. The zero-order valence-electron chi connectivity index (χ0n) is 16.7. The van der Waals surface area contributed by atoms with Gasteiger partial charge >= 0.3 is 0 Å². The second-order valence-corrected chi connectivity index (χ2v) is 8.15. The largest absolute Gasteiger partial charge is 0.382 e. The smallest absolute Gasteiger partial charge is 0.267 e. The Morgan fingerprint density at radius 2 is 2.14 bits per heavy atom. The van der Waals surface area contributed by atoms with Crippen molar-refractivity contribution >= 4 is 51.7 Å². The van der Waals surface area contributed by atoms with Crippen LogP contribution in [0.3, 0.4) is 0 Å². The molecule has 9 heteroatoms. The molecule has 154 valence electrons. The van der Waals surface area contributed by atoms with Gasteiger partial charge < -0.3 is 10.1 Å². The lowest BCUT2D eigenvalue weighted by Crippen LogP contribution is -2.29. The molecule has 0 atom stereocenters. The molecule has 3 rings (SSSR count). The Hall–Kier alpha value is -2.23. The maximum Gasteiger partial charge on any atom is 0.267 e. The lowest BCUT2D eigenvalue weighted by molar-refractivity contribution is -0.122. The van der Waals surface area contributed by atoms with Crippen molar-refractivity contribution in [1.82, 2.24) is 14.3 Å². The molecule has 0 spiro atoms. The molecule has 2 aromatic heterocycles. The zero-order valence-corrected chi connectivity index (χ0v) is 18.4. The zero-order chi connectivity index (χ0) is 21.0. The molecule has 1 saturated heterocycles. The van der Waals surface area contributed by atoms with Crippen molar-refractivity contribution in [2.75, 3.05) is 31.6 Å². The quantitative estimate of drug-likeness (QED) is 0.390. The van der Waals surface area contributed by atoms with E-state index in [1.807, 2.05) is 26.8 Å². The Labute approximate surface area is 179 Å². The van der Waals surface area contributed by atoms with Gasteiger partial charge in [0.05, 0.1) is 10.5 Å². The highest BCUT2D eigenvalue weighted by Gasteiger charge is 2.32. The minimum atomic E-state index is -0.226. The Morgan fingerprint density at radius 3 is 2.86 bits per heavy atom. The molecule has 0 radical (unpaired) electrons. The first kappa shape index (κ1) is 21.5. The molecule has 1 aliphatic heterocycles. The third-order valence-corrected chi connectivity index (χ3v) is 5.83. The number of nitrogens with zero attached hydrogens (tertiary/aromatic N) is 3. The first-order valence-electron chi connectivity index (χ1n) is 9.56. The van der Waals surface area contributed by atoms with Gasteiger partial charge in [-0.1, -0.05) is 30.0 Å². The first-order chi connectivity index (χ1) is 14.0. The fourth-order valence-corrected chi connectivity index (χ4v) is 4.33. The third kappa shape index (κ3) is 4.52. The summed E-state index contributed by atoms with van der Waals surface area (Å²) in [7, 11) is 0. The van der Waals surface area contributed by atoms with Crippen LogP contribution in [0.5, 0.6) is 0 Å². The van der Waals surface area contributed by atoms with Crippen molar-refractivity contribution in [2.45, 2.75) is 27.2 Å². The van der Waals surface area contributed by atoms with Crippen LogP contribution in [-0.4, -0.2) is 50.8 Å². The number of carbonyl (C=O) groups is 1. The van der Waals surface area contributed by atoms with Crippen LogP contribution in [0.2, 0.25) is 0 Å². The SMILES string of the molecule is CCNc1nc2c(C)cccn2c(=O)c1/C=C1\SC(=S)N(CCCOCC)C1=O. The molecule has 0 unspecified atom stereocenters. The standard InChI is InChI=1S/C20H24N4O3S2/c1-4-21-16-14(18(25)23-9-6-8-13(3)17(23)22-16)12-15-19(26)24(20(28)29-15)10-7-11-27-5-2/h6,8-9,12,21H,4-5,7,10-11H2,1-3H3/b15-12-. The number of fused-ring (bicyclic) bond motifs is 1. The number of carbonyl (C=O) groups excluding carboxylic acids is 1. The minimum Gasteiger partial charge on any atom is -0.382 e. The molecule has 7 nitrogen and oxygen atoms in total. The van der Waals surface area contributed by atoms with Gasteiger partial charge in [0.1, 0.15) is 15.8 Å². The Balaban J connectivity index is 1.98. The highest BCUT2D eigenvalue weighted by molar-refractivity contribution is 8.26. The third-order valence-electron chi connectivity index (χ3n) is 4.45. The topological polar surface area (TPSA) is 75.9 Å². The predicted octanol–water partition coefficient (Wildman–Crippen LogP) is 3.06. The number of amides is 1. The van der Waals surface area contributed by atoms with E-state index in [1.165, 1.54) is 16.2 Å². The van der Waals surface area contributed by atoms with Crippen LogP contribution in [0.1, 0.15) is 31.4 Å². The summed E-state index contributed by atoms with van der Waals surface area (Å²) in [5, 5.41) is 3.14. The molecule has 1 aliphatic rings. The van der Waals surface area contributed by atoms with E-state index < -0.39 is 0 Å². The van der Waals surface area contributed by atoms with E-state index in [4.69, 9.17) is 17.0 Å². The van der Waals surface area contributed by atoms with Crippen molar-refractivity contribution in [3.05, 3.63) is 44.7 Å². The van der Waals surface area contributed by atoms with E-state index in [-0.39, 0.29) is 11.5 Å². The monoisotopic (exact) mass is 432 g/mol. The van der Waals surface area contributed by atoms with Crippen molar-refractivity contribution in [3.63, 3.8) is 0 Å². The van der Waals surface area contributed by atoms with Crippen LogP contribution in [0, 0.1) is 6.92 Å². The van der Waals surface area contributed by atoms with Gasteiger partial charge in [-0.3, -0.25) is 18.9 Å². The molecule has 1 N–H and O–H groups in total. The predicted molar refractivity (Wildman–Crippen MR) is 121 cm³/mol. The molecule has 0 saturated carbocycles. The fraction of sp³-hybridized carbons (Fsp3) is 0.400. The number of hydrogen-bond acceptors (Lipinski definition) is 7. The molecule has 0 aromatic carbocycles. The number of anilines is 1. The summed E-state index contributed by atoms with van der Waals surface area (Å²) in [6.45, 7) is 8.09. The number of nitrogens with one attached hydrogen (secondary N) is 1. The normalized spacial score (nSPS) is 15.7. The van der Waals surface area contributed by atoms with Gasteiger partial charge in [0.15, 0.2) is 0 Å². The Kier molecular flexibility index (Phi) is 7.05. The average molecular weight is 433 g/mol. The molecular weight excluding hydrogens is 408 g/mol. The van der Waals surface area contributed by atoms with Crippen LogP contribution in [0.4, 0.5) is 5.82 Å². The number of aryl methyl sites for hydroxylation is 1. The number of rotatable bonds is 8. The minimum absolute atomic E-state index is 0.187.